The summed E-state index contributed by atoms with van der Waals surface area (Å²) in [4.78, 5) is 11.4. The van der Waals surface area contributed by atoms with Gasteiger partial charge in [-0.3, -0.25) is 4.79 Å². The van der Waals surface area contributed by atoms with Crippen LogP contribution in [0.2, 0.25) is 0 Å². The first-order chi connectivity index (χ1) is 9.15. The van der Waals surface area contributed by atoms with E-state index in [0.29, 0.717) is 29.5 Å². The standard InChI is InChI=1S/C13H19NO4S/c1-16-10-5-9(7-14-12(15)8-19-4)6-11(17-2)13(10)18-3/h5-6H,7-8H2,1-4H3,(H,14,15). The molecule has 0 fully saturated rings. The molecule has 0 saturated carbocycles. The van der Waals surface area contributed by atoms with Crippen LogP contribution in [0, 0.1) is 0 Å². The zero-order chi connectivity index (χ0) is 14.3. The lowest BCUT2D eigenvalue weighted by Crippen LogP contribution is -2.24. The van der Waals surface area contributed by atoms with E-state index < -0.39 is 0 Å². The van der Waals surface area contributed by atoms with Crippen LogP contribution in [0.5, 0.6) is 17.2 Å². The van der Waals surface area contributed by atoms with Gasteiger partial charge in [-0.15, -0.1) is 0 Å². The van der Waals surface area contributed by atoms with Crippen LogP contribution in [0.1, 0.15) is 5.56 Å². The second-order valence-electron chi connectivity index (χ2n) is 3.74. The van der Waals surface area contributed by atoms with Crippen molar-refractivity contribution in [1.29, 1.82) is 0 Å². The summed E-state index contributed by atoms with van der Waals surface area (Å²) in [6.07, 6.45) is 1.89. The zero-order valence-corrected chi connectivity index (χ0v) is 12.4. The van der Waals surface area contributed by atoms with Crippen LogP contribution in [-0.2, 0) is 11.3 Å². The molecule has 0 unspecified atom stereocenters. The summed E-state index contributed by atoms with van der Waals surface area (Å²) in [6, 6.07) is 3.64. The number of rotatable bonds is 7. The number of methoxy groups -OCH3 is 3. The van der Waals surface area contributed by atoms with Crippen LogP contribution >= 0.6 is 11.8 Å². The van der Waals surface area contributed by atoms with Gasteiger partial charge in [0.2, 0.25) is 11.7 Å². The van der Waals surface area contributed by atoms with Crippen molar-refractivity contribution in [1.82, 2.24) is 5.32 Å². The highest BCUT2D eigenvalue weighted by molar-refractivity contribution is 7.99. The highest BCUT2D eigenvalue weighted by atomic mass is 32.2. The van der Waals surface area contributed by atoms with Gasteiger partial charge in [0.05, 0.1) is 27.1 Å². The molecule has 0 heterocycles. The molecule has 106 valence electrons. The van der Waals surface area contributed by atoms with Gasteiger partial charge in [0.15, 0.2) is 11.5 Å². The van der Waals surface area contributed by atoms with Crippen molar-refractivity contribution in [2.75, 3.05) is 33.3 Å². The fourth-order valence-corrected chi connectivity index (χ4v) is 1.98. The van der Waals surface area contributed by atoms with Gasteiger partial charge in [-0.1, -0.05) is 0 Å². The quantitative estimate of drug-likeness (QED) is 0.826. The van der Waals surface area contributed by atoms with Crippen LogP contribution in [0.15, 0.2) is 12.1 Å². The maximum absolute atomic E-state index is 11.4. The molecule has 1 N–H and O–H groups in total. The minimum Gasteiger partial charge on any atom is -0.493 e. The molecule has 1 rings (SSSR count). The minimum atomic E-state index is 0.00116. The van der Waals surface area contributed by atoms with E-state index in [9.17, 15) is 4.79 Å². The molecular weight excluding hydrogens is 266 g/mol. The van der Waals surface area contributed by atoms with Crippen LogP contribution in [-0.4, -0.2) is 39.2 Å². The Hall–Kier alpha value is -1.56. The number of carbonyl (C=O) groups is 1. The van der Waals surface area contributed by atoms with Gasteiger partial charge < -0.3 is 19.5 Å². The van der Waals surface area contributed by atoms with Gasteiger partial charge in [-0.2, -0.15) is 11.8 Å². The Morgan fingerprint density at radius 1 is 1.16 bits per heavy atom. The number of hydrogen-bond acceptors (Lipinski definition) is 5. The molecule has 0 radical (unpaired) electrons. The normalized spacial score (nSPS) is 9.89. The smallest absolute Gasteiger partial charge is 0.230 e. The molecule has 0 aromatic heterocycles. The van der Waals surface area contributed by atoms with Gasteiger partial charge in [-0.05, 0) is 24.0 Å². The summed E-state index contributed by atoms with van der Waals surface area (Å²) in [5.74, 6) is 2.15. The lowest BCUT2D eigenvalue weighted by Gasteiger charge is -2.14. The van der Waals surface area contributed by atoms with E-state index in [1.807, 2.05) is 18.4 Å². The average Bonchev–Trinajstić information content (AvgIpc) is 2.44. The van der Waals surface area contributed by atoms with E-state index in [1.165, 1.54) is 11.8 Å². The van der Waals surface area contributed by atoms with E-state index in [4.69, 9.17) is 14.2 Å². The molecule has 0 bridgehead atoms. The van der Waals surface area contributed by atoms with E-state index in [-0.39, 0.29) is 5.91 Å². The first-order valence-corrected chi connectivity index (χ1v) is 7.10. The third-order valence-corrected chi connectivity index (χ3v) is 3.04. The Labute approximate surface area is 117 Å². The molecule has 0 aliphatic rings. The lowest BCUT2D eigenvalue weighted by molar-refractivity contribution is -0.118. The predicted molar refractivity (Wildman–Crippen MR) is 76.3 cm³/mol. The minimum absolute atomic E-state index is 0.00116. The molecule has 5 nitrogen and oxygen atoms in total. The summed E-state index contributed by atoms with van der Waals surface area (Å²) in [7, 11) is 4.68. The average molecular weight is 285 g/mol. The number of thioether (sulfide) groups is 1. The molecule has 19 heavy (non-hydrogen) atoms. The Balaban J connectivity index is 2.87. The number of hydrogen-bond donors (Lipinski definition) is 1. The molecule has 0 aliphatic heterocycles. The maximum atomic E-state index is 11.4. The Kier molecular flexibility index (Phi) is 6.35. The molecule has 1 amide bonds. The number of nitrogens with one attached hydrogen (secondary N) is 1. The SMILES string of the molecule is COc1cc(CNC(=O)CSC)cc(OC)c1OC. The first-order valence-electron chi connectivity index (χ1n) is 5.70. The third-order valence-electron chi connectivity index (χ3n) is 2.49. The molecular formula is C13H19NO4S. The predicted octanol–water partition coefficient (Wildman–Crippen LogP) is 1.69. The van der Waals surface area contributed by atoms with Crippen LogP contribution in [0.25, 0.3) is 0 Å². The molecule has 0 spiro atoms. The number of benzene rings is 1. The Morgan fingerprint density at radius 3 is 2.16 bits per heavy atom. The van der Waals surface area contributed by atoms with Gasteiger partial charge in [0.25, 0.3) is 0 Å². The van der Waals surface area contributed by atoms with Crippen molar-refractivity contribution in [2.24, 2.45) is 0 Å². The largest absolute Gasteiger partial charge is 0.493 e. The van der Waals surface area contributed by atoms with Gasteiger partial charge >= 0.3 is 0 Å². The van der Waals surface area contributed by atoms with Crippen molar-refractivity contribution in [3.8, 4) is 17.2 Å². The fourth-order valence-electron chi connectivity index (χ4n) is 1.62. The topological polar surface area (TPSA) is 56.8 Å². The summed E-state index contributed by atoms with van der Waals surface area (Å²) in [6.45, 7) is 0.427. The molecule has 0 aliphatic carbocycles. The molecule has 1 aromatic rings. The van der Waals surface area contributed by atoms with Crippen molar-refractivity contribution in [2.45, 2.75) is 6.54 Å². The molecule has 0 atom stereocenters. The Morgan fingerprint density at radius 2 is 1.74 bits per heavy atom. The fraction of sp³-hybridized carbons (Fsp3) is 0.462. The highest BCUT2D eigenvalue weighted by Crippen LogP contribution is 2.38. The van der Waals surface area contributed by atoms with Gasteiger partial charge in [-0.25, -0.2) is 0 Å². The lowest BCUT2D eigenvalue weighted by atomic mass is 10.2. The monoisotopic (exact) mass is 285 g/mol. The van der Waals surface area contributed by atoms with Crippen molar-refractivity contribution in [3.63, 3.8) is 0 Å². The van der Waals surface area contributed by atoms with Gasteiger partial charge in [0, 0.05) is 6.54 Å². The van der Waals surface area contributed by atoms with E-state index in [2.05, 4.69) is 5.32 Å². The molecule has 0 saturated heterocycles. The van der Waals surface area contributed by atoms with Gasteiger partial charge in [0.1, 0.15) is 0 Å². The molecule has 6 heteroatoms. The summed E-state index contributed by atoms with van der Waals surface area (Å²) >= 11 is 1.48. The van der Waals surface area contributed by atoms with E-state index in [0.717, 1.165) is 5.56 Å². The number of ether oxygens (including phenoxy) is 3. The van der Waals surface area contributed by atoms with Crippen molar-refractivity contribution in [3.05, 3.63) is 17.7 Å². The second kappa shape index (κ2) is 7.78. The summed E-state index contributed by atoms with van der Waals surface area (Å²) in [5, 5.41) is 2.83. The van der Waals surface area contributed by atoms with Crippen molar-refractivity contribution < 1.29 is 19.0 Å². The number of carbonyl (C=O) groups excluding carboxylic acids is 1. The first kappa shape index (κ1) is 15.5. The highest BCUT2D eigenvalue weighted by Gasteiger charge is 2.13. The zero-order valence-electron chi connectivity index (χ0n) is 11.6. The summed E-state index contributed by atoms with van der Waals surface area (Å²) < 4.78 is 15.7. The van der Waals surface area contributed by atoms with Crippen molar-refractivity contribution >= 4 is 17.7 Å². The maximum Gasteiger partial charge on any atom is 0.230 e. The number of amides is 1. The van der Waals surface area contributed by atoms with Crippen LogP contribution < -0.4 is 19.5 Å². The third kappa shape index (κ3) is 4.24. The Bertz CT molecular complexity index is 412. The van der Waals surface area contributed by atoms with E-state index >= 15 is 0 Å². The molecule has 1 aromatic carbocycles. The van der Waals surface area contributed by atoms with E-state index in [1.54, 1.807) is 21.3 Å². The second-order valence-corrected chi connectivity index (χ2v) is 4.61. The summed E-state index contributed by atoms with van der Waals surface area (Å²) in [5.41, 5.74) is 0.893. The van der Waals surface area contributed by atoms with Crippen LogP contribution in [0.4, 0.5) is 0 Å². The van der Waals surface area contributed by atoms with Crippen LogP contribution in [0.3, 0.4) is 0 Å².